The summed E-state index contributed by atoms with van der Waals surface area (Å²) in [5.74, 6) is 1.58. The molecule has 2 aromatic rings. The van der Waals surface area contributed by atoms with Crippen molar-refractivity contribution in [3.05, 3.63) is 58.7 Å². The van der Waals surface area contributed by atoms with Gasteiger partial charge in [-0.25, -0.2) is 0 Å². The monoisotopic (exact) mass is 316 g/mol. The molecular weight excluding hydrogens is 292 g/mol. The SMILES string of the molecule is CC(C)c1cccc2cc3c(cc12)C1(CCC3=O)CC2=CCC1C2. The molecule has 5 rings (SSSR count). The zero-order valence-electron chi connectivity index (χ0n) is 14.6. The molecule has 0 aromatic heterocycles. The van der Waals surface area contributed by atoms with Gasteiger partial charge in [0, 0.05) is 17.4 Å². The van der Waals surface area contributed by atoms with Crippen LogP contribution in [0.5, 0.6) is 0 Å². The van der Waals surface area contributed by atoms with Gasteiger partial charge in [0.05, 0.1) is 0 Å². The van der Waals surface area contributed by atoms with Crippen LogP contribution in [0.3, 0.4) is 0 Å². The number of fused-ring (bicyclic) bond motifs is 6. The Morgan fingerprint density at radius 3 is 2.79 bits per heavy atom. The number of carbonyl (C=O) groups excluding carboxylic acids is 1. The molecule has 2 aromatic carbocycles. The van der Waals surface area contributed by atoms with E-state index in [1.807, 2.05) is 0 Å². The van der Waals surface area contributed by atoms with E-state index in [2.05, 4.69) is 50.3 Å². The molecular formula is C23H24O. The van der Waals surface area contributed by atoms with E-state index in [1.54, 1.807) is 5.57 Å². The normalized spacial score (nSPS) is 28.0. The van der Waals surface area contributed by atoms with Gasteiger partial charge in [0.15, 0.2) is 5.78 Å². The van der Waals surface area contributed by atoms with Crippen molar-refractivity contribution in [3.8, 4) is 0 Å². The Bertz CT molecular complexity index is 902. The molecule has 1 heteroatoms. The largest absolute Gasteiger partial charge is 0.294 e. The number of rotatable bonds is 1. The van der Waals surface area contributed by atoms with Gasteiger partial charge in [-0.2, -0.15) is 0 Å². The third-order valence-corrected chi connectivity index (χ3v) is 6.83. The molecule has 122 valence electrons. The summed E-state index contributed by atoms with van der Waals surface area (Å²) < 4.78 is 0. The molecule has 2 atom stereocenters. The highest BCUT2D eigenvalue weighted by Gasteiger charge is 2.51. The number of Topliss-reactive ketones (excluding diaryl/α,β-unsaturated/α-hetero) is 1. The third-order valence-electron chi connectivity index (χ3n) is 6.83. The number of hydrogen-bond donors (Lipinski definition) is 0. The predicted octanol–water partition coefficient (Wildman–Crippen LogP) is 5.92. The Morgan fingerprint density at radius 1 is 1.21 bits per heavy atom. The number of hydrogen-bond acceptors (Lipinski definition) is 1. The Kier molecular flexibility index (Phi) is 2.90. The molecule has 0 aliphatic heterocycles. The molecule has 1 nitrogen and oxygen atoms in total. The van der Waals surface area contributed by atoms with Crippen LogP contribution in [0, 0.1) is 5.92 Å². The molecule has 0 radical (unpaired) electrons. The highest BCUT2D eigenvalue weighted by atomic mass is 16.1. The van der Waals surface area contributed by atoms with E-state index >= 15 is 0 Å². The quantitative estimate of drug-likeness (QED) is 0.597. The van der Waals surface area contributed by atoms with Crippen LogP contribution in [0.2, 0.25) is 0 Å². The molecule has 2 unspecified atom stereocenters. The van der Waals surface area contributed by atoms with Crippen molar-refractivity contribution in [2.45, 2.75) is 57.3 Å². The van der Waals surface area contributed by atoms with Crippen molar-refractivity contribution in [1.29, 1.82) is 0 Å². The van der Waals surface area contributed by atoms with E-state index < -0.39 is 0 Å². The molecule has 0 saturated heterocycles. The highest BCUT2D eigenvalue weighted by Crippen LogP contribution is 2.59. The van der Waals surface area contributed by atoms with Crippen LogP contribution in [0.25, 0.3) is 10.8 Å². The van der Waals surface area contributed by atoms with Crippen LogP contribution in [-0.2, 0) is 5.41 Å². The van der Waals surface area contributed by atoms with Crippen LogP contribution in [-0.4, -0.2) is 5.78 Å². The van der Waals surface area contributed by atoms with E-state index in [0.29, 0.717) is 11.7 Å². The first-order valence-electron chi connectivity index (χ1n) is 9.37. The lowest BCUT2D eigenvalue weighted by Crippen LogP contribution is -2.37. The van der Waals surface area contributed by atoms with E-state index in [-0.39, 0.29) is 5.41 Å². The summed E-state index contributed by atoms with van der Waals surface area (Å²) in [5, 5.41) is 2.59. The maximum absolute atomic E-state index is 12.7. The molecule has 0 heterocycles. The highest BCUT2D eigenvalue weighted by molar-refractivity contribution is 6.03. The van der Waals surface area contributed by atoms with E-state index in [4.69, 9.17) is 0 Å². The third kappa shape index (κ3) is 1.79. The second kappa shape index (κ2) is 4.81. The first-order chi connectivity index (χ1) is 11.6. The van der Waals surface area contributed by atoms with Gasteiger partial charge in [0.1, 0.15) is 0 Å². The van der Waals surface area contributed by atoms with E-state index in [9.17, 15) is 4.79 Å². The maximum Gasteiger partial charge on any atom is 0.163 e. The molecule has 24 heavy (non-hydrogen) atoms. The number of allylic oxidation sites excluding steroid dienone is 2. The van der Waals surface area contributed by atoms with Gasteiger partial charge in [-0.05, 0) is 71.6 Å². The number of ketones is 1. The van der Waals surface area contributed by atoms with Crippen LogP contribution >= 0.6 is 0 Å². The summed E-state index contributed by atoms with van der Waals surface area (Å²) in [6.45, 7) is 4.52. The lowest BCUT2D eigenvalue weighted by atomic mass is 9.62. The van der Waals surface area contributed by atoms with Gasteiger partial charge >= 0.3 is 0 Å². The maximum atomic E-state index is 12.7. The van der Waals surface area contributed by atoms with Crippen molar-refractivity contribution in [2.24, 2.45) is 5.92 Å². The van der Waals surface area contributed by atoms with Crippen molar-refractivity contribution in [1.82, 2.24) is 0 Å². The van der Waals surface area contributed by atoms with Crippen molar-refractivity contribution < 1.29 is 4.79 Å². The Hall–Kier alpha value is -1.89. The summed E-state index contributed by atoms with van der Waals surface area (Å²) in [7, 11) is 0. The van der Waals surface area contributed by atoms with Gasteiger partial charge in [0.25, 0.3) is 0 Å². The summed E-state index contributed by atoms with van der Waals surface area (Å²) in [4.78, 5) is 12.7. The summed E-state index contributed by atoms with van der Waals surface area (Å²) in [5.41, 5.74) is 5.67. The van der Waals surface area contributed by atoms with Gasteiger partial charge < -0.3 is 0 Å². The lowest BCUT2D eigenvalue weighted by molar-refractivity contribution is 0.0940. The fourth-order valence-corrected chi connectivity index (χ4v) is 5.62. The molecule has 1 saturated carbocycles. The minimum atomic E-state index is 0.242. The predicted molar refractivity (Wildman–Crippen MR) is 98.7 cm³/mol. The van der Waals surface area contributed by atoms with Crippen LogP contribution in [0.1, 0.15) is 73.4 Å². The summed E-state index contributed by atoms with van der Waals surface area (Å²) in [6.07, 6.45) is 7.90. The van der Waals surface area contributed by atoms with Crippen LogP contribution in [0.15, 0.2) is 42.0 Å². The summed E-state index contributed by atoms with van der Waals surface area (Å²) in [6, 6.07) is 11.1. The topological polar surface area (TPSA) is 17.1 Å². The standard InChI is InChI=1S/C23H24O/c1-14(2)18-5-3-4-16-11-20-21(12-19(16)18)23(9-8-22(20)24)13-15-6-7-17(23)10-15/h3-6,11-12,14,17H,7-10,13H2,1-2H3. The van der Waals surface area contributed by atoms with Gasteiger partial charge in [-0.1, -0.05) is 43.7 Å². The minimum absolute atomic E-state index is 0.242. The molecule has 1 fully saturated rings. The summed E-state index contributed by atoms with van der Waals surface area (Å²) >= 11 is 0. The van der Waals surface area contributed by atoms with Crippen molar-refractivity contribution in [2.75, 3.05) is 0 Å². The van der Waals surface area contributed by atoms with Gasteiger partial charge in [0.2, 0.25) is 0 Å². The number of carbonyl (C=O) groups is 1. The zero-order valence-corrected chi connectivity index (χ0v) is 14.6. The van der Waals surface area contributed by atoms with Gasteiger partial charge in [-0.3, -0.25) is 4.79 Å². The van der Waals surface area contributed by atoms with Crippen LogP contribution in [0.4, 0.5) is 0 Å². The Labute approximate surface area is 143 Å². The number of benzene rings is 2. The molecule has 3 aliphatic rings. The van der Waals surface area contributed by atoms with Gasteiger partial charge in [-0.15, -0.1) is 0 Å². The van der Waals surface area contributed by atoms with Crippen molar-refractivity contribution in [3.63, 3.8) is 0 Å². The molecule has 0 N–H and O–H groups in total. The molecule has 1 spiro atoms. The lowest BCUT2D eigenvalue weighted by Gasteiger charge is -2.41. The fourth-order valence-electron chi connectivity index (χ4n) is 5.62. The second-order valence-electron chi connectivity index (χ2n) is 8.38. The first kappa shape index (κ1) is 14.5. The van der Waals surface area contributed by atoms with Crippen molar-refractivity contribution >= 4 is 16.6 Å². The van der Waals surface area contributed by atoms with E-state index in [0.717, 1.165) is 24.3 Å². The van der Waals surface area contributed by atoms with Crippen LogP contribution < -0.4 is 0 Å². The zero-order chi connectivity index (χ0) is 16.5. The second-order valence-corrected chi connectivity index (χ2v) is 8.38. The molecule has 0 amide bonds. The Balaban J connectivity index is 1.80. The van der Waals surface area contributed by atoms with E-state index in [1.165, 1.54) is 41.2 Å². The Morgan fingerprint density at radius 2 is 2.08 bits per heavy atom. The average molecular weight is 316 g/mol. The fraction of sp³-hybridized carbons (Fsp3) is 0.435. The molecule has 3 aliphatic carbocycles. The molecule has 2 bridgehead atoms. The smallest absolute Gasteiger partial charge is 0.163 e. The average Bonchev–Trinajstić information content (AvgIpc) is 3.18. The first-order valence-corrected chi connectivity index (χ1v) is 9.37. The minimum Gasteiger partial charge on any atom is -0.294 e.